The van der Waals surface area contributed by atoms with Gasteiger partial charge in [-0.15, -0.1) is 0 Å². The fourth-order valence-electron chi connectivity index (χ4n) is 7.09. The van der Waals surface area contributed by atoms with Crippen LogP contribution in [0.1, 0.15) is 50.3 Å². The number of aryl methyl sites for hydroxylation is 1. The van der Waals surface area contributed by atoms with Gasteiger partial charge in [0.15, 0.2) is 5.82 Å². The van der Waals surface area contributed by atoms with Crippen molar-refractivity contribution in [1.82, 2.24) is 30.0 Å². The molecule has 4 aromatic rings. The van der Waals surface area contributed by atoms with Crippen LogP contribution in [0.25, 0.3) is 32.9 Å². The summed E-state index contributed by atoms with van der Waals surface area (Å²) in [5.41, 5.74) is 3.94. The highest BCUT2D eigenvalue weighted by Crippen LogP contribution is 2.48. The van der Waals surface area contributed by atoms with Crippen molar-refractivity contribution in [3.8, 4) is 17.1 Å². The second-order valence-corrected chi connectivity index (χ2v) is 13.5. The van der Waals surface area contributed by atoms with Crippen LogP contribution in [0, 0.1) is 18.7 Å². The van der Waals surface area contributed by atoms with Gasteiger partial charge in [-0.3, -0.25) is 9.89 Å². The molecule has 2 aromatic heterocycles. The molecule has 1 saturated carbocycles. The molecular formula is C34H39ClFN7O2. The molecule has 2 aromatic carbocycles. The first-order chi connectivity index (χ1) is 21.6. The minimum atomic E-state index is -0.508. The van der Waals surface area contributed by atoms with Crippen LogP contribution in [0.4, 0.5) is 10.2 Å². The summed E-state index contributed by atoms with van der Waals surface area (Å²) in [6, 6.07) is 5.67. The van der Waals surface area contributed by atoms with E-state index in [2.05, 4.69) is 33.6 Å². The Hall–Kier alpha value is -3.76. The number of hydrogen-bond acceptors (Lipinski definition) is 7. The summed E-state index contributed by atoms with van der Waals surface area (Å²) in [5.74, 6) is 0.637. The Kier molecular flexibility index (Phi) is 7.68. The third-order valence-electron chi connectivity index (χ3n) is 9.68. The van der Waals surface area contributed by atoms with Crippen molar-refractivity contribution in [3.63, 3.8) is 0 Å². The first kappa shape index (κ1) is 29.9. The number of hydrogen-bond donors (Lipinski definition) is 1. The molecular weight excluding hydrogens is 593 g/mol. The Labute approximate surface area is 267 Å². The van der Waals surface area contributed by atoms with Crippen LogP contribution < -0.4 is 9.64 Å². The zero-order chi connectivity index (χ0) is 31.6. The molecule has 0 bridgehead atoms. The average Bonchev–Trinajstić information content (AvgIpc) is 3.64. The van der Waals surface area contributed by atoms with Crippen LogP contribution in [0.2, 0.25) is 5.02 Å². The number of rotatable bonds is 7. The van der Waals surface area contributed by atoms with Gasteiger partial charge in [0.1, 0.15) is 11.3 Å². The van der Waals surface area contributed by atoms with Crippen LogP contribution in [0.5, 0.6) is 6.01 Å². The zero-order valence-corrected chi connectivity index (χ0v) is 27.0. The number of carbonyl (C=O) groups excluding carboxylic acids is 1. The summed E-state index contributed by atoms with van der Waals surface area (Å²) in [5, 5.41) is 9.48. The van der Waals surface area contributed by atoms with Crippen molar-refractivity contribution >= 4 is 45.1 Å². The van der Waals surface area contributed by atoms with Crippen LogP contribution in [-0.2, 0) is 4.79 Å². The maximum absolute atomic E-state index is 17.1. The van der Waals surface area contributed by atoms with E-state index >= 15 is 4.39 Å². The Morgan fingerprint density at radius 3 is 2.67 bits per heavy atom. The van der Waals surface area contributed by atoms with Gasteiger partial charge < -0.3 is 19.4 Å². The number of anilines is 1. The van der Waals surface area contributed by atoms with E-state index in [4.69, 9.17) is 26.3 Å². The molecule has 2 aliphatic heterocycles. The highest BCUT2D eigenvalue weighted by molar-refractivity contribution is 6.35. The summed E-state index contributed by atoms with van der Waals surface area (Å²) in [7, 11) is 2.10. The molecule has 236 valence electrons. The Bertz CT molecular complexity index is 1820. The van der Waals surface area contributed by atoms with Gasteiger partial charge >= 0.3 is 6.01 Å². The van der Waals surface area contributed by atoms with E-state index in [1.165, 1.54) is 6.08 Å². The van der Waals surface area contributed by atoms with Crippen LogP contribution in [0.15, 0.2) is 30.9 Å². The van der Waals surface area contributed by atoms with E-state index in [-0.39, 0.29) is 34.5 Å². The molecule has 11 heteroatoms. The molecule has 0 spiro atoms. The third-order valence-corrected chi connectivity index (χ3v) is 9.97. The number of piperazine rings is 1. The van der Waals surface area contributed by atoms with Crippen molar-refractivity contribution < 1.29 is 13.9 Å². The number of nitrogens with one attached hydrogen (secondary N) is 1. The summed E-state index contributed by atoms with van der Waals surface area (Å²) >= 11 is 7.05. The first-order valence-corrected chi connectivity index (χ1v) is 16.2. The molecule has 45 heavy (non-hydrogen) atoms. The number of halogens is 2. The van der Waals surface area contributed by atoms with Gasteiger partial charge in [0, 0.05) is 65.5 Å². The summed E-state index contributed by atoms with van der Waals surface area (Å²) in [4.78, 5) is 28.3. The van der Waals surface area contributed by atoms with Crippen LogP contribution in [0.3, 0.4) is 0 Å². The highest BCUT2D eigenvalue weighted by Gasteiger charge is 2.35. The number of likely N-dealkylation sites (tertiary alicyclic amines) is 1. The highest BCUT2D eigenvalue weighted by atomic mass is 35.5. The molecule has 1 aliphatic carbocycles. The number of carbonyl (C=O) groups is 1. The fourth-order valence-corrected chi connectivity index (χ4v) is 7.38. The lowest BCUT2D eigenvalue weighted by molar-refractivity contribution is -0.128. The zero-order valence-electron chi connectivity index (χ0n) is 26.2. The molecule has 1 N–H and O–H groups in total. The van der Waals surface area contributed by atoms with Crippen molar-refractivity contribution in [3.05, 3.63) is 53.0 Å². The Morgan fingerprint density at radius 2 is 1.96 bits per heavy atom. The normalized spacial score (nSPS) is 22.5. The van der Waals surface area contributed by atoms with Gasteiger partial charge in [0.25, 0.3) is 0 Å². The lowest BCUT2D eigenvalue weighted by Gasteiger charge is -2.44. The van der Waals surface area contributed by atoms with Crippen molar-refractivity contribution in [2.24, 2.45) is 5.92 Å². The molecule has 3 aliphatic rings. The molecule has 2 saturated heterocycles. The number of amides is 1. The fraction of sp³-hybridized carbons (Fsp3) is 0.471. The van der Waals surface area contributed by atoms with Crippen molar-refractivity contribution in [1.29, 1.82) is 0 Å². The van der Waals surface area contributed by atoms with E-state index in [1.807, 2.05) is 37.8 Å². The largest absolute Gasteiger partial charge is 0.463 e. The molecule has 4 heterocycles. The monoisotopic (exact) mass is 631 g/mol. The van der Waals surface area contributed by atoms with Gasteiger partial charge in [-0.25, -0.2) is 4.39 Å². The quantitative estimate of drug-likeness (QED) is 0.247. The second-order valence-electron chi connectivity index (χ2n) is 13.1. The molecule has 1 amide bonds. The summed E-state index contributed by atoms with van der Waals surface area (Å²) < 4.78 is 23.4. The van der Waals surface area contributed by atoms with E-state index < -0.39 is 5.82 Å². The van der Waals surface area contributed by atoms with Gasteiger partial charge in [0.2, 0.25) is 5.91 Å². The molecule has 9 nitrogen and oxygen atoms in total. The second kappa shape index (κ2) is 11.6. The Morgan fingerprint density at radius 1 is 1.16 bits per heavy atom. The molecule has 0 radical (unpaired) electrons. The summed E-state index contributed by atoms with van der Waals surface area (Å²) in [6.07, 6.45) is 4.50. The average molecular weight is 632 g/mol. The number of benzene rings is 2. The number of H-pyrrole nitrogens is 1. The molecule has 3 fully saturated rings. The van der Waals surface area contributed by atoms with E-state index in [0.29, 0.717) is 48.3 Å². The minimum absolute atomic E-state index is 0.107. The number of fused-ring (bicyclic) bond motifs is 2. The van der Waals surface area contributed by atoms with Crippen molar-refractivity contribution in [2.75, 3.05) is 44.7 Å². The predicted molar refractivity (Wildman–Crippen MR) is 176 cm³/mol. The lowest BCUT2D eigenvalue weighted by atomic mass is 9.93. The number of aromatic amines is 1. The lowest BCUT2D eigenvalue weighted by Crippen LogP contribution is -2.58. The maximum atomic E-state index is 17.1. The maximum Gasteiger partial charge on any atom is 0.319 e. The van der Waals surface area contributed by atoms with Crippen LogP contribution in [-0.4, -0.2) is 87.8 Å². The molecule has 3 atom stereocenters. The SMILES string of the molecule is C=CC(=O)N1C[C@H](C)N(c2nc(OCC3CCN(C)C3)nc3c(F)c(-c4c(C)ccc5[nH]nc(C6CC6)c45)c(Cl)cc23)C[C@H]1C. The van der Waals surface area contributed by atoms with Gasteiger partial charge in [-0.2, -0.15) is 15.1 Å². The van der Waals surface area contributed by atoms with Gasteiger partial charge in [0.05, 0.1) is 22.8 Å². The third kappa shape index (κ3) is 5.31. The topological polar surface area (TPSA) is 90.5 Å². The Balaban J connectivity index is 1.38. The smallest absolute Gasteiger partial charge is 0.319 e. The summed E-state index contributed by atoms with van der Waals surface area (Å²) in [6.45, 7) is 13.0. The van der Waals surface area contributed by atoms with Crippen LogP contribution >= 0.6 is 11.6 Å². The minimum Gasteiger partial charge on any atom is -0.463 e. The predicted octanol–water partition coefficient (Wildman–Crippen LogP) is 6.09. The van der Waals surface area contributed by atoms with E-state index in [1.54, 1.807) is 6.07 Å². The molecule has 7 rings (SSSR count). The number of nitrogens with zero attached hydrogens (tertiary/aromatic N) is 6. The number of ether oxygens (including phenoxy) is 1. The van der Waals surface area contributed by atoms with Crippen molar-refractivity contribution in [2.45, 2.75) is 58.0 Å². The first-order valence-electron chi connectivity index (χ1n) is 15.8. The number of aromatic nitrogens is 4. The van der Waals surface area contributed by atoms with E-state index in [0.717, 1.165) is 60.1 Å². The van der Waals surface area contributed by atoms with Gasteiger partial charge in [-0.05, 0) is 77.4 Å². The molecule has 1 unspecified atom stereocenters. The standard InChI is InChI=1S/C34H39ClFN7O2/c1-6-26(44)42-14-20(4)43(15-19(42)3)33-23-13-24(35)28(27-18(2)7-10-25-29(27)31(40-39-25)22-8-9-22)30(36)32(23)37-34(38-33)45-17-21-11-12-41(5)16-21/h6-7,10,13,19-22H,1,8-9,11-12,14-17H2,2-5H3,(H,39,40)/t19-,20+,21?/m1/s1. The van der Waals surface area contributed by atoms with Gasteiger partial charge in [-0.1, -0.05) is 24.2 Å². The van der Waals surface area contributed by atoms with E-state index in [9.17, 15) is 4.79 Å².